The number of aromatic amines is 1. The normalized spacial score (nSPS) is 16.9. The van der Waals surface area contributed by atoms with E-state index in [2.05, 4.69) is 145 Å². The molecule has 59 heavy (non-hydrogen) atoms. The van der Waals surface area contributed by atoms with E-state index in [1.165, 1.54) is 88.7 Å². The maximum atomic E-state index is 6.98. The zero-order chi connectivity index (χ0) is 38.6. The molecule has 0 radical (unpaired) electrons. The molecule has 7 aromatic carbocycles. The molecule has 10 aromatic rings. The van der Waals surface area contributed by atoms with Gasteiger partial charge in [0.25, 0.3) is 0 Å². The van der Waals surface area contributed by atoms with Crippen LogP contribution in [-0.2, 0) is 12.8 Å². The first-order chi connectivity index (χ1) is 29.2. The topological polar surface area (TPSA) is 42.1 Å². The van der Waals surface area contributed by atoms with E-state index in [0.29, 0.717) is 5.92 Å². The van der Waals surface area contributed by atoms with Crippen molar-refractivity contribution in [3.8, 4) is 33.4 Å². The van der Waals surface area contributed by atoms with Crippen LogP contribution in [0.25, 0.3) is 99.1 Å². The molecule has 1 N–H and O–H groups in total. The van der Waals surface area contributed by atoms with Gasteiger partial charge in [0.2, 0.25) is 0 Å². The predicted octanol–water partition coefficient (Wildman–Crippen LogP) is 15.9. The Balaban J connectivity index is 0.912. The lowest BCUT2D eigenvalue weighted by Gasteiger charge is -2.26. The maximum absolute atomic E-state index is 6.98. The molecule has 284 valence electrons. The molecule has 0 saturated heterocycles. The van der Waals surface area contributed by atoms with Crippen LogP contribution in [0.2, 0.25) is 0 Å². The summed E-state index contributed by atoms with van der Waals surface area (Å²) in [7, 11) is 0. The Kier molecular flexibility index (Phi) is 7.34. The van der Waals surface area contributed by atoms with E-state index >= 15 is 0 Å². The van der Waals surface area contributed by atoms with Crippen LogP contribution in [0.4, 0.5) is 0 Å². The summed E-state index contributed by atoms with van der Waals surface area (Å²) < 4.78 is 13.9. The number of aryl methyl sites for hydroxylation is 2. The van der Waals surface area contributed by atoms with Crippen molar-refractivity contribution in [2.45, 2.75) is 63.7 Å². The Bertz CT molecular complexity index is 3430. The minimum Gasteiger partial charge on any atom is -0.455 e. The Hall–Kier alpha value is -6.58. The minimum absolute atomic E-state index is 0.345. The molecule has 3 aliphatic carbocycles. The summed E-state index contributed by atoms with van der Waals surface area (Å²) in [5, 5.41) is 7.07. The molecule has 0 spiro atoms. The van der Waals surface area contributed by atoms with Gasteiger partial charge in [-0.3, -0.25) is 0 Å². The molecule has 0 amide bonds. The van der Waals surface area contributed by atoms with Crippen molar-refractivity contribution in [2.75, 3.05) is 0 Å². The zero-order valence-corrected chi connectivity index (χ0v) is 33.0. The number of allylic oxidation sites excluding steroid dienone is 4. The first kappa shape index (κ1) is 33.4. The third-order valence-corrected chi connectivity index (χ3v) is 14.0. The third kappa shape index (κ3) is 5.20. The molecule has 0 saturated carbocycles. The Morgan fingerprint density at radius 2 is 0.966 bits per heavy atom. The molecule has 3 heterocycles. The number of nitrogens with one attached hydrogen (secondary N) is 1. The van der Waals surface area contributed by atoms with E-state index in [9.17, 15) is 0 Å². The first-order valence-electron chi connectivity index (χ1n) is 21.7. The van der Waals surface area contributed by atoms with E-state index in [1.807, 2.05) is 0 Å². The SMILES string of the molecule is C1=CC(c2cccc3c2oc2c(-c4ccc5[nH]c6ccc(-c7cccc8c7oc7c(-c9ccc%10c(c9)CCCC%10)cccc78)cc6c5c4)cccc23)CC2=C1CCCC2. The van der Waals surface area contributed by atoms with Crippen molar-refractivity contribution in [3.05, 3.63) is 167 Å². The van der Waals surface area contributed by atoms with Gasteiger partial charge in [0.15, 0.2) is 0 Å². The van der Waals surface area contributed by atoms with Gasteiger partial charge in [-0.2, -0.15) is 0 Å². The number of hydrogen-bond donors (Lipinski definition) is 1. The molecule has 3 heteroatoms. The molecule has 1 unspecified atom stereocenters. The summed E-state index contributed by atoms with van der Waals surface area (Å²) in [6.07, 6.45) is 15.9. The molecule has 0 fully saturated rings. The summed E-state index contributed by atoms with van der Waals surface area (Å²) in [5.74, 6) is 0.345. The standard InChI is InChI=1S/C56H43NO2/c1-3-11-35-29-37(23-21-33(35)9-1)41-13-5-17-45-47-19-7-15-43(55(47)58-53(41)45)39-25-27-51-49(31-39)50-32-40(26-28-52(50)57-51)44-16-8-20-48-46-18-6-14-42(54(46)59-56(44)48)38-24-22-34-10-2-4-12-36(34)30-38/h5-8,13-29,31-32,38,57H,1-4,9-12,30H2. The highest BCUT2D eigenvalue weighted by molar-refractivity contribution is 6.16. The number of para-hydroxylation sites is 4. The largest absolute Gasteiger partial charge is 0.455 e. The molecule has 3 nitrogen and oxygen atoms in total. The average Bonchev–Trinajstić information content (AvgIpc) is 3.99. The minimum atomic E-state index is 0.345. The number of benzene rings is 7. The van der Waals surface area contributed by atoms with Crippen LogP contribution < -0.4 is 0 Å². The average molecular weight is 762 g/mol. The second kappa shape index (κ2) is 13.0. The molecular weight excluding hydrogens is 719 g/mol. The van der Waals surface area contributed by atoms with E-state index in [4.69, 9.17) is 8.83 Å². The van der Waals surface area contributed by atoms with E-state index in [1.54, 1.807) is 11.1 Å². The highest BCUT2D eigenvalue weighted by Crippen LogP contribution is 2.45. The number of furan rings is 2. The Labute approximate surface area is 342 Å². The highest BCUT2D eigenvalue weighted by atomic mass is 16.3. The fraction of sp³-hybridized carbons (Fsp3) is 0.179. The third-order valence-electron chi connectivity index (χ3n) is 14.0. The summed E-state index contributed by atoms with van der Waals surface area (Å²) in [6, 6.07) is 47.1. The lowest BCUT2D eigenvalue weighted by molar-refractivity contribution is 0.622. The van der Waals surface area contributed by atoms with Gasteiger partial charge in [0.05, 0.1) is 0 Å². The summed E-state index contributed by atoms with van der Waals surface area (Å²) >= 11 is 0. The van der Waals surface area contributed by atoms with Crippen LogP contribution in [0.3, 0.4) is 0 Å². The lowest BCUT2D eigenvalue weighted by Crippen LogP contribution is -2.08. The Morgan fingerprint density at radius 1 is 0.441 bits per heavy atom. The Morgan fingerprint density at radius 3 is 1.63 bits per heavy atom. The number of hydrogen-bond acceptors (Lipinski definition) is 2. The fourth-order valence-corrected chi connectivity index (χ4v) is 11.0. The van der Waals surface area contributed by atoms with Crippen molar-refractivity contribution in [2.24, 2.45) is 0 Å². The molecule has 13 rings (SSSR count). The van der Waals surface area contributed by atoms with Gasteiger partial charge in [0.1, 0.15) is 22.3 Å². The van der Waals surface area contributed by atoms with E-state index < -0.39 is 0 Å². The molecule has 1 atom stereocenters. The van der Waals surface area contributed by atoms with Crippen molar-refractivity contribution in [3.63, 3.8) is 0 Å². The van der Waals surface area contributed by atoms with Crippen molar-refractivity contribution >= 4 is 65.7 Å². The van der Waals surface area contributed by atoms with E-state index in [0.717, 1.165) is 84.8 Å². The smallest absolute Gasteiger partial charge is 0.143 e. The number of rotatable bonds is 4. The van der Waals surface area contributed by atoms with Crippen molar-refractivity contribution < 1.29 is 8.83 Å². The van der Waals surface area contributed by atoms with Crippen LogP contribution in [-0.4, -0.2) is 4.98 Å². The van der Waals surface area contributed by atoms with Gasteiger partial charge < -0.3 is 13.8 Å². The molecular formula is C56H43NO2. The first-order valence-corrected chi connectivity index (χ1v) is 21.7. The monoisotopic (exact) mass is 761 g/mol. The van der Waals surface area contributed by atoms with Crippen molar-refractivity contribution in [1.29, 1.82) is 0 Å². The summed E-state index contributed by atoms with van der Waals surface area (Å²) in [6.45, 7) is 0. The maximum Gasteiger partial charge on any atom is 0.143 e. The molecule has 3 aliphatic rings. The number of aromatic nitrogens is 1. The molecule has 3 aromatic heterocycles. The number of fused-ring (bicyclic) bond motifs is 10. The van der Waals surface area contributed by atoms with Gasteiger partial charge in [0, 0.05) is 71.5 Å². The van der Waals surface area contributed by atoms with Crippen LogP contribution in [0.5, 0.6) is 0 Å². The second-order valence-electron chi connectivity index (χ2n) is 17.3. The van der Waals surface area contributed by atoms with E-state index in [-0.39, 0.29) is 0 Å². The quantitative estimate of drug-likeness (QED) is 0.194. The summed E-state index contributed by atoms with van der Waals surface area (Å²) in [5.41, 5.74) is 20.6. The van der Waals surface area contributed by atoms with Gasteiger partial charge in [-0.25, -0.2) is 0 Å². The lowest BCUT2D eigenvalue weighted by atomic mass is 9.79. The second-order valence-corrected chi connectivity index (χ2v) is 17.3. The predicted molar refractivity (Wildman–Crippen MR) is 245 cm³/mol. The number of H-pyrrole nitrogens is 1. The molecule has 0 bridgehead atoms. The summed E-state index contributed by atoms with van der Waals surface area (Å²) in [4.78, 5) is 3.71. The van der Waals surface area contributed by atoms with Crippen LogP contribution in [0, 0.1) is 0 Å². The van der Waals surface area contributed by atoms with Gasteiger partial charge in [-0.1, -0.05) is 121 Å². The van der Waals surface area contributed by atoms with Crippen LogP contribution >= 0.6 is 0 Å². The van der Waals surface area contributed by atoms with Crippen LogP contribution in [0.1, 0.15) is 67.6 Å². The highest BCUT2D eigenvalue weighted by Gasteiger charge is 2.24. The zero-order valence-electron chi connectivity index (χ0n) is 33.0. The fourth-order valence-electron chi connectivity index (χ4n) is 11.0. The van der Waals surface area contributed by atoms with Gasteiger partial charge >= 0.3 is 0 Å². The molecule has 0 aliphatic heterocycles. The van der Waals surface area contributed by atoms with Crippen LogP contribution in [0.15, 0.2) is 160 Å². The van der Waals surface area contributed by atoms with Gasteiger partial charge in [-0.05, 0) is 115 Å². The van der Waals surface area contributed by atoms with Gasteiger partial charge in [-0.15, -0.1) is 0 Å². The van der Waals surface area contributed by atoms with Crippen molar-refractivity contribution in [1.82, 2.24) is 4.98 Å².